The molecule has 0 heterocycles. The number of hydrogen-bond acceptors (Lipinski definition) is 2. The van der Waals surface area contributed by atoms with Crippen molar-refractivity contribution in [1.29, 1.82) is 0 Å². The molecule has 0 aliphatic rings. The molecule has 2 nitrogen and oxygen atoms in total. The van der Waals surface area contributed by atoms with Crippen LogP contribution in [0.2, 0.25) is 0 Å². The van der Waals surface area contributed by atoms with Crippen molar-refractivity contribution in [2.24, 2.45) is 0 Å². The standard InChI is InChI=1S/C35H23F6O2P/c36-34(37,38)33(42,35(39,40)41)29-21-19-23-11-7-9-17-27(23)31(29)32-28-18-10-8-12-24(28)20-22-30(32)44(43,25-13-3-1-4-14-25)26-15-5-2-6-16-26/h1-22,42H. The molecule has 1 N–H and O–H groups in total. The normalized spacial score (nSPS) is 13.0. The van der Waals surface area contributed by atoms with Crippen molar-refractivity contribution in [2.45, 2.75) is 18.0 Å². The maximum atomic E-state index is 15.6. The summed E-state index contributed by atoms with van der Waals surface area (Å²) in [7, 11) is -3.96. The van der Waals surface area contributed by atoms with Gasteiger partial charge in [0.15, 0.2) is 7.14 Å². The van der Waals surface area contributed by atoms with E-state index in [1.54, 1.807) is 103 Å². The van der Waals surface area contributed by atoms with Crippen molar-refractivity contribution < 1.29 is 36.0 Å². The van der Waals surface area contributed by atoms with E-state index in [0.29, 0.717) is 27.4 Å². The van der Waals surface area contributed by atoms with Gasteiger partial charge in [-0.3, -0.25) is 0 Å². The predicted octanol–water partition coefficient (Wildman–Crippen LogP) is 8.61. The van der Waals surface area contributed by atoms with Gasteiger partial charge in [0, 0.05) is 27.0 Å². The Kier molecular flexibility index (Phi) is 7.18. The highest BCUT2D eigenvalue weighted by Crippen LogP contribution is 2.55. The van der Waals surface area contributed by atoms with Crippen LogP contribution < -0.4 is 15.9 Å². The van der Waals surface area contributed by atoms with Gasteiger partial charge < -0.3 is 9.67 Å². The van der Waals surface area contributed by atoms with Gasteiger partial charge in [-0.15, -0.1) is 0 Å². The minimum Gasteiger partial charge on any atom is -0.369 e. The van der Waals surface area contributed by atoms with Crippen LogP contribution >= 0.6 is 7.14 Å². The summed E-state index contributed by atoms with van der Waals surface area (Å²) < 4.78 is 103. The van der Waals surface area contributed by atoms with Crippen LogP contribution in [0.3, 0.4) is 0 Å². The lowest BCUT2D eigenvalue weighted by atomic mass is 9.81. The summed E-state index contributed by atoms with van der Waals surface area (Å²) in [6.07, 6.45) is -12.3. The van der Waals surface area contributed by atoms with Crippen molar-refractivity contribution in [3.05, 3.63) is 139 Å². The molecule has 0 radical (unpaired) electrons. The molecule has 6 aromatic rings. The Hall–Kier alpha value is -4.39. The summed E-state index contributed by atoms with van der Waals surface area (Å²) >= 11 is 0. The van der Waals surface area contributed by atoms with Crippen LogP contribution in [-0.2, 0) is 10.2 Å². The molecule has 9 heteroatoms. The summed E-state index contributed by atoms with van der Waals surface area (Å²) in [5.41, 5.74) is -7.23. The third kappa shape index (κ3) is 4.52. The average Bonchev–Trinajstić information content (AvgIpc) is 3.02. The number of rotatable bonds is 5. The van der Waals surface area contributed by atoms with Crippen LogP contribution in [0.25, 0.3) is 32.7 Å². The minimum atomic E-state index is -6.14. The first-order valence-corrected chi connectivity index (χ1v) is 15.2. The maximum absolute atomic E-state index is 15.6. The molecule has 6 aromatic carbocycles. The van der Waals surface area contributed by atoms with Gasteiger partial charge in [0.2, 0.25) is 0 Å². The van der Waals surface area contributed by atoms with Gasteiger partial charge in [0.25, 0.3) is 5.60 Å². The lowest BCUT2D eigenvalue weighted by Crippen LogP contribution is -2.54. The van der Waals surface area contributed by atoms with Crippen LogP contribution in [-0.4, -0.2) is 17.5 Å². The fraction of sp³-hybridized carbons (Fsp3) is 0.0857. The Labute approximate surface area is 248 Å². The molecule has 0 aliphatic heterocycles. The van der Waals surface area contributed by atoms with E-state index in [0.717, 1.165) is 6.07 Å². The second-order valence-corrected chi connectivity index (χ2v) is 13.1. The third-order valence-electron chi connectivity index (χ3n) is 7.88. The number of aliphatic hydroxyl groups is 1. The van der Waals surface area contributed by atoms with Crippen LogP contribution in [0.5, 0.6) is 0 Å². The van der Waals surface area contributed by atoms with E-state index < -0.39 is 36.2 Å². The van der Waals surface area contributed by atoms with Gasteiger partial charge in [-0.2, -0.15) is 26.3 Å². The molecule has 222 valence electrons. The summed E-state index contributed by atoms with van der Waals surface area (Å²) in [4.78, 5) is 0. The molecule has 0 spiro atoms. The van der Waals surface area contributed by atoms with Crippen LogP contribution in [0.1, 0.15) is 5.56 Å². The minimum absolute atomic E-state index is 0.0298. The first kappa shape index (κ1) is 29.7. The molecule has 6 rings (SSSR count). The van der Waals surface area contributed by atoms with Crippen molar-refractivity contribution in [3.63, 3.8) is 0 Å². The SMILES string of the molecule is O=P(c1ccccc1)(c1ccccc1)c1ccc2ccccc2c1-c1c(C(O)(C(F)(F)F)C(F)(F)F)ccc2ccccc12. The van der Waals surface area contributed by atoms with Crippen molar-refractivity contribution in [3.8, 4) is 11.1 Å². The second-order valence-electron chi connectivity index (χ2n) is 10.4. The number of benzene rings is 6. The molecule has 44 heavy (non-hydrogen) atoms. The Morgan fingerprint density at radius 2 is 0.886 bits per heavy atom. The Bertz CT molecular complexity index is 1980. The Morgan fingerprint density at radius 1 is 0.477 bits per heavy atom. The lowest BCUT2D eigenvalue weighted by Gasteiger charge is -2.35. The van der Waals surface area contributed by atoms with E-state index in [1.807, 2.05) is 0 Å². The van der Waals surface area contributed by atoms with E-state index in [4.69, 9.17) is 0 Å². The molecule has 0 fully saturated rings. The molecule has 0 amide bonds. The van der Waals surface area contributed by atoms with E-state index in [1.165, 1.54) is 18.2 Å². The first-order chi connectivity index (χ1) is 20.9. The summed E-state index contributed by atoms with van der Waals surface area (Å²) in [6.45, 7) is 0. The van der Waals surface area contributed by atoms with Crippen molar-refractivity contribution >= 4 is 44.6 Å². The second kappa shape index (κ2) is 10.7. The smallest absolute Gasteiger partial charge is 0.369 e. The monoisotopic (exact) mass is 620 g/mol. The first-order valence-electron chi connectivity index (χ1n) is 13.5. The quantitative estimate of drug-likeness (QED) is 0.155. The number of alkyl halides is 6. The van der Waals surface area contributed by atoms with Gasteiger partial charge in [-0.1, -0.05) is 127 Å². The maximum Gasteiger partial charge on any atom is 0.430 e. The van der Waals surface area contributed by atoms with E-state index in [-0.39, 0.29) is 21.6 Å². The topological polar surface area (TPSA) is 37.3 Å². The van der Waals surface area contributed by atoms with Crippen molar-refractivity contribution in [2.75, 3.05) is 0 Å². The predicted molar refractivity (Wildman–Crippen MR) is 162 cm³/mol. The molecule has 0 aromatic heterocycles. The Morgan fingerprint density at radius 3 is 1.36 bits per heavy atom. The largest absolute Gasteiger partial charge is 0.430 e. The van der Waals surface area contributed by atoms with Crippen LogP contribution in [0.4, 0.5) is 26.3 Å². The van der Waals surface area contributed by atoms with Gasteiger partial charge in [-0.05, 0) is 33.2 Å². The Balaban J connectivity index is 1.88. The van der Waals surface area contributed by atoms with Gasteiger partial charge >= 0.3 is 12.4 Å². The molecule has 0 unspecified atom stereocenters. The van der Waals surface area contributed by atoms with E-state index in [9.17, 15) is 31.4 Å². The molecule has 0 atom stereocenters. The number of hydrogen-bond donors (Lipinski definition) is 1. The highest BCUT2D eigenvalue weighted by atomic mass is 31.2. The highest BCUT2D eigenvalue weighted by Gasteiger charge is 2.72. The summed E-state index contributed by atoms with van der Waals surface area (Å²) in [5, 5.41) is 12.7. The number of halogens is 6. The fourth-order valence-electron chi connectivity index (χ4n) is 5.80. The molecular formula is C35H23F6O2P. The average molecular weight is 621 g/mol. The van der Waals surface area contributed by atoms with E-state index in [2.05, 4.69) is 0 Å². The summed E-state index contributed by atoms with van der Waals surface area (Å²) in [6, 6.07) is 34.1. The molecule has 0 bridgehead atoms. The summed E-state index contributed by atoms with van der Waals surface area (Å²) in [5.74, 6) is 0. The third-order valence-corrected chi connectivity index (χ3v) is 11.0. The molecule has 0 aliphatic carbocycles. The highest BCUT2D eigenvalue weighted by molar-refractivity contribution is 7.85. The molecule has 0 saturated heterocycles. The van der Waals surface area contributed by atoms with Gasteiger partial charge in [0.1, 0.15) is 0 Å². The van der Waals surface area contributed by atoms with Gasteiger partial charge in [0.05, 0.1) is 0 Å². The molecular weight excluding hydrogens is 597 g/mol. The zero-order valence-corrected chi connectivity index (χ0v) is 23.7. The van der Waals surface area contributed by atoms with Crippen molar-refractivity contribution in [1.82, 2.24) is 0 Å². The zero-order chi connectivity index (χ0) is 31.3. The number of fused-ring (bicyclic) bond motifs is 2. The lowest BCUT2D eigenvalue weighted by molar-refractivity contribution is -0.376. The molecule has 0 saturated carbocycles. The zero-order valence-electron chi connectivity index (χ0n) is 22.8. The fourth-order valence-corrected chi connectivity index (χ4v) is 8.67. The van der Waals surface area contributed by atoms with Crippen LogP contribution in [0.15, 0.2) is 133 Å². The van der Waals surface area contributed by atoms with Crippen LogP contribution in [0, 0.1) is 0 Å². The van der Waals surface area contributed by atoms with E-state index >= 15 is 4.57 Å². The van der Waals surface area contributed by atoms with Gasteiger partial charge in [-0.25, -0.2) is 0 Å².